The van der Waals surface area contributed by atoms with Crippen LogP contribution in [-0.2, 0) is 12.8 Å². The molecule has 0 aliphatic carbocycles. The van der Waals surface area contributed by atoms with Crippen LogP contribution < -0.4 is 9.80 Å². The number of fused-ring (bicyclic) bond motifs is 9. The van der Waals surface area contributed by atoms with E-state index in [1.165, 1.54) is 29.4 Å². The lowest BCUT2D eigenvalue weighted by molar-refractivity contribution is 0.354. The van der Waals surface area contributed by atoms with Crippen molar-refractivity contribution >= 4 is 77.3 Å². The van der Waals surface area contributed by atoms with Crippen LogP contribution in [-0.4, -0.2) is 46.2 Å². The van der Waals surface area contributed by atoms with Crippen molar-refractivity contribution in [3.05, 3.63) is 170 Å². The average molecular weight is 855 g/mol. The fourth-order valence-electron chi connectivity index (χ4n) is 10.0. The van der Waals surface area contributed by atoms with E-state index in [9.17, 15) is 0 Å². The number of para-hydroxylation sites is 4. The minimum Gasteiger partial charge on any atom is -0.455 e. The van der Waals surface area contributed by atoms with Crippen molar-refractivity contribution in [2.45, 2.75) is 51.4 Å². The summed E-state index contributed by atoms with van der Waals surface area (Å²) in [6.07, 6.45) is 21.5. The Kier molecular flexibility index (Phi) is 10.2. The average Bonchev–Trinajstić information content (AvgIpc) is 4.21. The Morgan fingerprint density at radius 2 is 1.11 bits per heavy atom. The van der Waals surface area contributed by atoms with E-state index in [0.29, 0.717) is 5.71 Å². The summed E-state index contributed by atoms with van der Waals surface area (Å²) < 4.78 is 19.1. The minimum absolute atomic E-state index is 0.703. The highest BCUT2D eigenvalue weighted by Gasteiger charge is 2.23. The molecular weight excluding hydrogens is 805 g/mol. The monoisotopic (exact) mass is 854 g/mol. The Hall–Kier alpha value is -7.52. The van der Waals surface area contributed by atoms with Gasteiger partial charge in [0, 0.05) is 88.2 Å². The second-order valence-corrected chi connectivity index (χ2v) is 17.6. The zero-order valence-electron chi connectivity index (χ0n) is 36.4. The molecule has 0 N–H and O–H groups in total. The van der Waals surface area contributed by atoms with Gasteiger partial charge in [-0.05, 0) is 98.2 Å². The van der Waals surface area contributed by atoms with E-state index in [2.05, 4.69) is 140 Å². The van der Waals surface area contributed by atoms with Gasteiger partial charge >= 0.3 is 0 Å². The highest BCUT2D eigenvalue weighted by Crippen LogP contribution is 2.40. The number of hydrogen-bond donors (Lipinski definition) is 0. The zero-order chi connectivity index (χ0) is 43.1. The van der Waals surface area contributed by atoms with E-state index < -0.39 is 0 Å². The maximum atomic E-state index is 6.53. The van der Waals surface area contributed by atoms with E-state index in [-0.39, 0.29) is 0 Å². The molecule has 65 heavy (non-hydrogen) atoms. The normalized spacial score (nSPS) is 14.1. The highest BCUT2D eigenvalue weighted by atomic mass is 16.3. The predicted octanol–water partition coefficient (Wildman–Crippen LogP) is 13.8. The van der Waals surface area contributed by atoms with Crippen molar-refractivity contribution in [3.8, 4) is 11.3 Å². The van der Waals surface area contributed by atoms with Crippen LogP contribution in [0.4, 0.5) is 11.4 Å². The molecule has 0 atom stereocenters. The van der Waals surface area contributed by atoms with Gasteiger partial charge in [-0.25, -0.2) is 4.98 Å². The van der Waals surface area contributed by atoms with Gasteiger partial charge in [-0.2, -0.15) is 0 Å². The van der Waals surface area contributed by atoms with Gasteiger partial charge in [-0.1, -0.05) is 85.6 Å². The standard InChI is InChI=1S/C56H50N6O3/c1(3-14-39-25-27-47(58-36-39)45-20-11-18-43-41-16-5-7-23-50(41)63-53(43)45)2-4-15-40-26-28-49(55-52(40)46-21-13-29-57-56(46)65-55)62-35-33-60(38-62)31-10-9-30-59-32-34-61(37-59)48-22-12-19-44-42-17-6-8-24-51(42)64-54(44)48/h5-8,11-13,16-29,32-36H,1-4,9-10,14-15,30-31,37-38H2. The van der Waals surface area contributed by atoms with Crippen molar-refractivity contribution in [3.63, 3.8) is 0 Å². The number of benzene rings is 5. The Morgan fingerprint density at radius 3 is 1.85 bits per heavy atom. The van der Waals surface area contributed by atoms with Crippen LogP contribution in [0.1, 0.15) is 49.7 Å². The number of aromatic nitrogens is 2. The lowest BCUT2D eigenvalue weighted by Crippen LogP contribution is -2.28. The first kappa shape index (κ1) is 39.1. The molecule has 10 aromatic rings. The van der Waals surface area contributed by atoms with Crippen molar-refractivity contribution in [2.75, 3.05) is 36.2 Å². The van der Waals surface area contributed by atoms with Crippen LogP contribution in [0.15, 0.2) is 172 Å². The summed E-state index contributed by atoms with van der Waals surface area (Å²) in [6.45, 7) is 3.63. The summed E-state index contributed by atoms with van der Waals surface area (Å²) in [5.41, 5.74) is 12.1. The first-order valence-corrected chi connectivity index (χ1v) is 23.1. The molecule has 9 heteroatoms. The summed E-state index contributed by atoms with van der Waals surface area (Å²) in [7, 11) is 0. The maximum absolute atomic E-state index is 6.53. The van der Waals surface area contributed by atoms with Crippen molar-refractivity contribution in [2.24, 2.45) is 0 Å². The van der Waals surface area contributed by atoms with Gasteiger partial charge in [0.15, 0.2) is 11.2 Å². The van der Waals surface area contributed by atoms with Crippen LogP contribution in [0.3, 0.4) is 0 Å². The molecule has 0 saturated heterocycles. The van der Waals surface area contributed by atoms with Crippen molar-refractivity contribution in [1.82, 2.24) is 19.8 Å². The SMILES string of the molecule is C1=CN(c2cccc3c2oc2ccccc23)CN1CCCCN1C=CN(c2ccc(CCCCCCc3ccc(-c4cccc5c4oc4ccccc45)nc3)c3c2oc2ncccc23)C1. The molecular formula is C56H50N6O3. The topological polar surface area (TPSA) is 78.2 Å². The number of hydrogen-bond acceptors (Lipinski definition) is 9. The van der Waals surface area contributed by atoms with E-state index in [1.807, 2.05) is 42.7 Å². The molecule has 2 aliphatic heterocycles. The Labute approximate surface area is 377 Å². The minimum atomic E-state index is 0.703. The molecule has 0 fully saturated rings. The fraction of sp³-hybridized carbons (Fsp3) is 0.214. The third-order valence-electron chi connectivity index (χ3n) is 13.4. The first-order valence-electron chi connectivity index (χ1n) is 23.1. The molecule has 9 nitrogen and oxygen atoms in total. The molecule has 0 amide bonds. The Balaban J connectivity index is 0.627. The largest absolute Gasteiger partial charge is 0.455 e. The number of pyridine rings is 2. The van der Waals surface area contributed by atoms with Gasteiger partial charge in [0.1, 0.15) is 16.7 Å². The first-order chi connectivity index (χ1) is 32.2. The molecule has 12 rings (SSSR count). The quantitative estimate of drug-likeness (QED) is 0.0937. The molecule has 5 aromatic carbocycles. The maximum Gasteiger partial charge on any atom is 0.227 e. The third-order valence-corrected chi connectivity index (χ3v) is 13.4. The summed E-state index contributed by atoms with van der Waals surface area (Å²) >= 11 is 0. The molecule has 2 aliphatic rings. The second-order valence-electron chi connectivity index (χ2n) is 17.6. The zero-order valence-corrected chi connectivity index (χ0v) is 36.4. The van der Waals surface area contributed by atoms with Crippen LogP contribution in [0, 0.1) is 0 Å². The van der Waals surface area contributed by atoms with E-state index in [1.54, 1.807) is 0 Å². The highest BCUT2D eigenvalue weighted by molar-refractivity contribution is 6.11. The molecule has 5 aromatic heterocycles. The molecule has 0 unspecified atom stereocenters. The molecule has 322 valence electrons. The van der Waals surface area contributed by atoms with Gasteiger partial charge < -0.3 is 32.9 Å². The van der Waals surface area contributed by atoms with Gasteiger partial charge in [0.25, 0.3) is 0 Å². The molecule has 0 spiro atoms. The van der Waals surface area contributed by atoms with Gasteiger partial charge in [0.2, 0.25) is 5.71 Å². The number of unbranched alkanes of at least 4 members (excludes halogenated alkanes) is 4. The number of aryl methyl sites for hydroxylation is 2. The van der Waals surface area contributed by atoms with Gasteiger partial charge in [0.05, 0.1) is 30.4 Å². The fourth-order valence-corrected chi connectivity index (χ4v) is 10.0. The Bertz CT molecular complexity index is 3400. The van der Waals surface area contributed by atoms with Crippen LogP contribution in [0.5, 0.6) is 0 Å². The number of rotatable bonds is 15. The predicted molar refractivity (Wildman–Crippen MR) is 264 cm³/mol. The lowest BCUT2D eigenvalue weighted by Gasteiger charge is -2.23. The third kappa shape index (κ3) is 7.40. The number of nitrogens with zero attached hydrogens (tertiary/aromatic N) is 6. The Morgan fingerprint density at radius 1 is 0.462 bits per heavy atom. The summed E-state index contributed by atoms with van der Waals surface area (Å²) in [5.74, 6) is 0. The summed E-state index contributed by atoms with van der Waals surface area (Å²) in [5, 5.41) is 6.89. The summed E-state index contributed by atoms with van der Waals surface area (Å²) in [4.78, 5) is 18.9. The lowest BCUT2D eigenvalue weighted by atomic mass is 9.99. The molecule has 0 radical (unpaired) electrons. The molecule has 0 bridgehead atoms. The van der Waals surface area contributed by atoms with Gasteiger partial charge in [-0.3, -0.25) is 4.98 Å². The van der Waals surface area contributed by atoms with Crippen LogP contribution >= 0.6 is 0 Å². The van der Waals surface area contributed by atoms with E-state index >= 15 is 0 Å². The second kappa shape index (κ2) is 16.9. The van der Waals surface area contributed by atoms with Crippen molar-refractivity contribution in [1.29, 1.82) is 0 Å². The molecule has 0 saturated carbocycles. The number of anilines is 2. The van der Waals surface area contributed by atoms with Gasteiger partial charge in [-0.15, -0.1) is 0 Å². The van der Waals surface area contributed by atoms with E-state index in [4.69, 9.17) is 18.2 Å². The molecule has 7 heterocycles. The van der Waals surface area contributed by atoms with Crippen LogP contribution in [0.2, 0.25) is 0 Å². The van der Waals surface area contributed by atoms with Crippen molar-refractivity contribution < 1.29 is 13.3 Å². The summed E-state index contributed by atoms with van der Waals surface area (Å²) in [6, 6.07) is 42.3. The smallest absolute Gasteiger partial charge is 0.227 e. The number of furan rings is 3. The van der Waals surface area contributed by atoms with E-state index in [0.717, 1.165) is 142 Å². The van der Waals surface area contributed by atoms with Crippen LogP contribution in [0.25, 0.3) is 77.2 Å².